The Kier molecular flexibility index (Phi) is 2.00. The molecule has 0 atom stereocenters. The van der Waals surface area contributed by atoms with E-state index in [2.05, 4.69) is 12.6 Å². The molecule has 0 fully saturated rings. The van der Waals surface area contributed by atoms with Crippen molar-refractivity contribution in [3.05, 3.63) is 21.6 Å². The highest BCUT2D eigenvalue weighted by Gasteiger charge is 2.14. The molecule has 0 spiro atoms. The van der Waals surface area contributed by atoms with E-state index in [1.165, 1.54) is 5.57 Å². The van der Waals surface area contributed by atoms with Crippen LogP contribution in [0.5, 0.6) is 0 Å². The predicted octanol–water partition coefficient (Wildman–Crippen LogP) is 2.11. The number of carbonyl (C=O) groups excluding carboxylic acids is 1. The maximum atomic E-state index is 10.4. The topological polar surface area (TPSA) is 17.1 Å². The number of carbonyl (C=O) groups is 1. The van der Waals surface area contributed by atoms with Crippen LogP contribution < -0.4 is 0 Å². The number of aldehydes is 1. The third kappa shape index (κ3) is 1.03. The Morgan fingerprint density at radius 3 is 2.30 bits per heavy atom. The van der Waals surface area contributed by atoms with Gasteiger partial charge in [-0.1, -0.05) is 5.57 Å². The zero-order valence-corrected chi connectivity index (χ0v) is 7.03. The van der Waals surface area contributed by atoms with Gasteiger partial charge in [-0.05, 0) is 31.4 Å². The Balaban J connectivity index is 3.00. The van der Waals surface area contributed by atoms with E-state index >= 15 is 0 Å². The molecule has 0 aliphatic heterocycles. The van der Waals surface area contributed by atoms with Crippen molar-refractivity contribution < 1.29 is 4.79 Å². The minimum Gasteiger partial charge on any atom is -0.298 e. The van der Waals surface area contributed by atoms with Gasteiger partial charge in [0.15, 0.2) is 0 Å². The molecule has 0 amide bonds. The Morgan fingerprint density at radius 1 is 1.50 bits per heavy atom. The summed E-state index contributed by atoms with van der Waals surface area (Å²) in [5.74, 6) is 0. The lowest BCUT2D eigenvalue weighted by Gasteiger charge is -1.93. The molecular formula is C8H10OS. The van der Waals surface area contributed by atoms with Crippen molar-refractivity contribution in [1.29, 1.82) is 0 Å². The van der Waals surface area contributed by atoms with E-state index in [1.807, 2.05) is 13.8 Å². The fourth-order valence-corrected chi connectivity index (χ4v) is 1.33. The second-order valence-electron chi connectivity index (χ2n) is 2.57. The van der Waals surface area contributed by atoms with E-state index in [-0.39, 0.29) is 0 Å². The van der Waals surface area contributed by atoms with Gasteiger partial charge in [0.2, 0.25) is 0 Å². The molecule has 2 heteroatoms. The van der Waals surface area contributed by atoms with Gasteiger partial charge in [-0.25, -0.2) is 0 Å². The number of thiol groups is 1. The smallest absolute Gasteiger partial charge is 0.146 e. The summed E-state index contributed by atoms with van der Waals surface area (Å²) in [7, 11) is 0. The zero-order valence-electron chi connectivity index (χ0n) is 6.14. The summed E-state index contributed by atoms with van der Waals surface area (Å²) in [5.41, 5.74) is 3.11. The van der Waals surface area contributed by atoms with Gasteiger partial charge in [0.1, 0.15) is 6.29 Å². The average Bonchev–Trinajstić information content (AvgIpc) is 2.17. The van der Waals surface area contributed by atoms with Gasteiger partial charge in [-0.3, -0.25) is 4.79 Å². The molecule has 1 aliphatic carbocycles. The van der Waals surface area contributed by atoms with Gasteiger partial charge < -0.3 is 0 Å². The van der Waals surface area contributed by atoms with Crippen LogP contribution in [0, 0.1) is 0 Å². The van der Waals surface area contributed by atoms with E-state index < -0.39 is 0 Å². The molecule has 0 aromatic carbocycles. The molecule has 0 saturated carbocycles. The first-order valence-electron chi connectivity index (χ1n) is 3.21. The second kappa shape index (κ2) is 2.62. The van der Waals surface area contributed by atoms with E-state index in [1.54, 1.807) is 0 Å². The van der Waals surface area contributed by atoms with Gasteiger partial charge in [-0.2, -0.15) is 0 Å². The second-order valence-corrected chi connectivity index (χ2v) is 3.02. The van der Waals surface area contributed by atoms with Gasteiger partial charge in [0.25, 0.3) is 0 Å². The van der Waals surface area contributed by atoms with E-state index in [9.17, 15) is 4.79 Å². The van der Waals surface area contributed by atoms with Crippen LogP contribution in [0.25, 0.3) is 0 Å². The first-order chi connectivity index (χ1) is 4.66. The molecule has 54 valence electrons. The van der Waals surface area contributed by atoms with E-state index in [4.69, 9.17) is 0 Å². The minimum atomic E-state index is 0.786. The van der Waals surface area contributed by atoms with E-state index in [0.29, 0.717) is 0 Å². The number of hydrogen-bond acceptors (Lipinski definition) is 2. The van der Waals surface area contributed by atoms with Crippen molar-refractivity contribution >= 4 is 18.9 Å². The molecule has 0 radical (unpaired) electrons. The largest absolute Gasteiger partial charge is 0.298 e. The van der Waals surface area contributed by atoms with Crippen molar-refractivity contribution in [3.8, 4) is 0 Å². The van der Waals surface area contributed by atoms with Crippen molar-refractivity contribution in [2.45, 2.75) is 20.3 Å². The summed E-state index contributed by atoms with van der Waals surface area (Å²) < 4.78 is 0. The van der Waals surface area contributed by atoms with Crippen LogP contribution in [0.3, 0.4) is 0 Å². The number of hydrogen-bond donors (Lipinski definition) is 1. The Morgan fingerprint density at radius 2 is 2.10 bits per heavy atom. The highest BCUT2D eigenvalue weighted by atomic mass is 32.1. The molecule has 0 N–H and O–H groups in total. The molecule has 1 nitrogen and oxygen atoms in total. The standard InChI is InChI=1S/C8H10OS/c1-5-3-7(4-9)6(2)8(5)10/h4,10H,3H2,1-2H3. The SMILES string of the molecule is CC1=C(S)C(C)=C(C=O)C1. The predicted molar refractivity (Wildman–Crippen MR) is 45.1 cm³/mol. The fraction of sp³-hybridized carbons (Fsp3) is 0.375. The maximum absolute atomic E-state index is 10.4. The van der Waals surface area contributed by atoms with Crippen LogP contribution in [-0.4, -0.2) is 6.29 Å². The highest BCUT2D eigenvalue weighted by Crippen LogP contribution is 2.32. The molecule has 0 bridgehead atoms. The molecule has 0 aromatic rings. The molecule has 0 saturated heterocycles. The van der Waals surface area contributed by atoms with Gasteiger partial charge in [-0.15, -0.1) is 12.6 Å². The first kappa shape index (κ1) is 7.61. The number of allylic oxidation sites excluding steroid dienone is 3. The summed E-state index contributed by atoms with van der Waals surface area (Å²) >= 11 is 4.26. The molecule has 0 aromatic heterocycles. The average molecular weight is 154 g/mol. The monoisotopic (exact) mass is 154 g/mol. The summed E-state index contributed by atoms with van der Waals surface area (Å²) in [4.78, 5) is 11.4. The van der Waals surface area contributed by atoms with Crippen LogP contribution in [0.4, 0.5) is 0 Å². The van der Waals surface area contributed by atoms with Crippen molar-refractivity contribution in [3.63, 3.8) is 0 Å². The Hall–Kier alpha value is -0.500. The molecule has 0 heterocycles. The fourth-order valence-electron chi connectivity index (χ4n) is 1.10. The summed E-state index contributed by atoms with van der Waals surface area (Å²) in [5, 5.41) is 0. The van der Waals surface area contributed by atoms with Gasteiger partial charge >= 0.3 is 0 Å². The van der Waals surface area contributed by atoms with Crippen molar-refractivity contribution in [2.75, 3.05) is 0 Å². The third-order valence-corrected chi connectivity index (χ3v) is 2.56. The summed E-state index contributed by atoms with van der Waals surface area (Å²) in [6.07, 6.45) is 1.70. The maximum Gasteiger partial charge on any atom is 0.146 e. The van der Waals surface area contributed by atoms with E-state index in [0.717, 1.165) is 28.8 Å². The third-order valence-electron chi connectivity index (χ3n) is 1.84. The van der Waals surface area contributed by atoms with Gasteiger partial charge in [0, 0.05) is 4.91 Å². The lowest BCUT2D eigenvalue weighted by Crippen LogP contribution is -1.81. The summed E-state index contributed by atoms with van der Waals surface area (Å²) in [6, 6.07) is 0. The normalized spacial score (nSPS) is 18.7. The summed E-state index contributed by atoms with van der Waals surface area (Å²) in [6.45, 7) is 3.94. The van der Waals surface area contributed by atoms with Crippen LogP contribution in [0.15, 0.2) is 21.6 Å². The van der Waals surface area contributed by atoms with Crippen LogP contribution in [0.2, 0.25) is 0 Å². The van der Waals surface area contributed by atoms with Crippen LogP contribution >= 0.6 is 12.6 Å². The first-order valence-corrected chi connectivity index (χ1v) is 3.65. The molecule has 0 unspecified atom stereocenters. The lowest BCUT2D eigenvalue weighted by atomic mass is 10.2. The number of rotatable bonds is 1. The van der Waals surface area contributed by atoms with Crippen LogP contribution in [0.1, 0.15) is 20.3 Å². The quantitative estimate of drug-likeness (QED) is 0.452. The molecular weight excluding hydrogens is 144 g/mol. The lowest BCUT2D eigenvalue weighted by molar-refractivity contribution is -0.105. The van der Waals surface area contributed by atoms with Gasteiger partial charge in [0.05, 0.1) is 0 Å². The minimum absolute atomic E-state index is 0.786. The molecule has 1 aliphatic rings. The Bertz CT molecular complexity index is 233. The highest BCUT2D eigenvalue weighted by molar-refractivity contribution is 7.84. The molecule has 1 rings (SSSR count). The van der Waals surface area contributed by atoms with Crippen LogP contribution in [-0.2, 0) is 4.79 Å². The zero-order chi connectivity index (χ0) is 7.72. The van der Waals surface area contributed by atoms with Crippen molar-refractivity contribution in [1.82, 2.24) is 0 Å². The van der Waals surface area contributed by atoms with Crippen molar-refractivity contribution in [2.24, 2.45) is 0 Å². The Labute approximate surface area is 66.2 Å². The molecule has 10 heavy (non-hydrogen) atoms.